The summed E-state index contributed by atoms with van der Waals surface area (Å²) in [6, 6.07) is 7.82. The molecule has 0 unspecified atom stereocenters. The molecule has 1 aromatic rings. The van der Waals surface area contributed by atoms with Gasteiger partial charge in [0.15, 0.2) is 0 Å². The second kappa shape index (κ2) is 6.01. The minimum Gasteiger partial charge on any atom is -0.460 e. The summed E-state index contributed by atoms with van der Waals surface area (Å²) in [5.74, 6) is -5.04. The van der Waals surface area contributed by atoms with Gasteiger partial charge in [-0.1, -0.05) is 18.2 Å². The van der Waals surface area contributed by atoms with E-state index in [-0.39, 0.29) is 12.5 Å². The van der Waals surface area contributed by atoms with Crippen molar-refractivity contribution in [1.82, 2.24) is 0 Å². The van der Waals surface area contributed by atoms with Crippen molar-refractivity contribution in [3.05, 3.63) is 35.9 Å². The third-order valence-electron chi connectivity index (χ3n) is 2.12. The third-order valence-corrected chi connectivity index (χ3v) is 2.12. The van der Waals surface area contributed by atoms with Gasteiger partial charge in [-0.2, -0.15) is 17.6 Å². The molecule has 0 amide bonds. The predicted octanol–water partition coefficient (Wildman–Crippen LogP) is 3.11. The Balaban J connectivity index is 2.34. The Morgan fingerprint density at radius 2 is 1.68 bits per heavy atom. The van der Waals surface area contributed by atoms with E-state index in [1.165, 1.54) is 12.1 Å². The Kier molecular flexibility index (Phi) is 4.88. The Bertz CT molecular complexity index is 415. The number of hydrogen-bond donors (Lipinski definition) is 0. The standard InChI is InChI=1S/C12H12F4O3/c1-11(13,14)12(15,16)19-8-7-18-10(17)9-5-3-2-4-6-9/h2-6H,7-8H2,1H3. The first-order valence-electron chi connectivity index (χ1n) is 5.36. The van der Waals surface area contributed by atoms with Crippen LogP contribution in [0.25, 0.3) is 0 Å². The number of carbonyl (C=O) groups is 1. The van der Waals surface area contributed by atoms with Gasteiger partial charge in [0.2, 0.25) is 0 Å². The van der Waals surface area contributed by atoms with Crippen LogP contribution in [0.5, 0.6) is 0 Å². The van der Waals surface area contributed by atoms with E-state index >= 15 is 0 Å². The van der Waals surface area contributed by atoms with Crippen molar-refractivity contribution in [2.24, 2.45) is 0 Å². The number of alkyl halides is 4. The molecule has 0 heterocycles. The van der Waals surface area contributed by atoms with E-state index in [0.29, 0.717) is 0 Å². The van der Waals surface area contributed by atoms with Crippen molar-refractivity contribution >= 4 is 5.97 Å². The minimum absolute atomic E-state index is 0.0446. The van der Waals surface area contributed by atoms with E-state index in [1.807, 2.05) is 0 Å². The first-order valence-corrected chi connectivity index (χ1v) is 5.36. The second-order valence-electron chi connectivity index (χ2n) is 3.76. The molecule has 0 aliphatic rings. The quantitative estimate of drug-likeness (QED) is 0.456. The first-order chi connectivity index (χ1) is 8.74. The fraction of sp³-hybridized carbons (Fsp3) is 0.417. The molecule has 106 valence electrons. The summed E-state index contributed by atoms with van der Waals surface area (Å²) < 4.78 is 58.4. The molecule has 0 N–H and O–H groups in total. The van der Waals surface area contributed by atoms with Crippen molar-refractivity contribution in [3.8, 4) is 0 Å². The summed E-state index contributed by atoms with van der Waals surface area (Å²) in [5.41, 5.74) is 0.232. The van der Waals surface area contributed by atoms with Crippen LogP contribution >= 0.6 is 0 Å². The van der Waals surface area contributed by atoms with Crippen LogP contribution in [-0.2, 0) is 9.47 Å². The van der Waals surface area contributed by atoms with E-state index in [2.05, 4.69) is 9.47 Å². The second-order valence-corrected chi connectivity index (χ2v) is 3.76. The summed E-state index contributed by atoms with van der Waals surface area (Å²) in [5, 5.41) is 0. The Hall–Kier alpha value is -1.63. The highest BCUT2D eigenvalue weighted by atomic mass is 19.3. The number of halogens is 4. The number of carbonyl (C=O) groups excluding carboxylic acids is 1. The highest BCUT2D eigenvalue weighted by molar-refractivity contribution is 5.89. The average Bonchev–Trinajstić information content (AvgIpc) is 2.34. The highest BCUT2D eigenvalue weighted by Gasteiger charge is 2.53. The molecule has 0 fully saturated rings. The molecule has 7 heteroatoms. The average molecular weight is 280 g/mol. The van der Waals surface area contributed by atoms with E-state index in [1.54, 1.807) is 18.2 Å². The molecule has 1 rings (SSSR count). The van der Waals surface area contributed by atoms with E-state index in [0.717, 1.165) is 0 Å². The van der Waals surface area contributed by atoms with Gasteiger partial charge >= 0.3 is 18.0 Å². The van der Waals surface area contributed by atoms with E-state index in [4.69, 9.17) is 0 Å². The van der Waals surface area contributed by atoms with Crippen LogP contribution in [0, 0.1) is 0 Å². The van der Waals surface area contributed by atoms with Gasteiger partial charge in [-0.3, -0.25) is 0 Å². The lowest BCUT2D eigenvalue weighted by molar-refractivity contribution is -0.342. The Morgan fingerprint density at radius 3 is 2.21 bits per heavy atom. The number of ether oxygens (including phenoxy) is 2. The molecule has 1 aromatic carbocycles. The molecular weight excluding hydrogens is 268 g/mol. The zero-order valence-corrected chi connectivity index (χ0v) is 10.0. The molecule has 0 saturated heterocycles. The van der Waals surface area contributed by atoms with Gasteiger partial charge < -0.3 is 9.47 Å². The lowest BCUT2D eigenvalue weighted by Crippen LogP contribution is -2.41. The van der Waals surface area contributed by atoms with Crippen molar-refractivity contribution in [2.75, 3.05) is 13.2 Å². The monoisotopic (exact) mass is 280 g/mol. The summed E-state index contributed by atoms with van der Waals surface area (Å²) in [6.07, 6.45) is -4.59. The fourth-order valence-electron chi connectivity index (χ4n) is 1.09. The number of benzene rings is 1. The van der Waals surface area contributed by atoms with Crippen LogP contribution in [-0.4, -0.2) is 31.2 Å². The minimum atomic E-state index is -4.59. The molecule has 0 spiro atoms. The maximum atomic E-state index is 12.7. The largest absolute Gasteiger partial charge is 0.460 e. The van der Waals surface area contributed by atoms with Gasteiger partial charge in [-0.05, 0) is 12.1 Å². The zero-order chi connectivity index (χ0) is 14.5. The summed E-state index contributed by atoms with van der Waals surface area (Å²) in [7, 11) is 0. The molecule has 0 atom stereocenters. The van der Waals surface area contributed by atoms with Crippen molar-refractivity contribution in [2.45, 2.75) is 19.0 Å². The van der Waals surface area contributed by atoms with Gasteiger partial charge in [0.25, 0.3) is 0 Å². The summed E-state index contributed by atoms with van der Waals surface area (Å²) in [4.78, 5) is 11.4. The summed E-state index contributed by atoms with van der Waals surface area (Å²) >= 11 is 0. The van der Waals surface area contributed by atoms with Crippen LogP contribution in [0.4, 0.5) is 17.6 Å². The molecule has 0 radical (unpaired) electrons. The van der Waals surface area contributed by atoms with Crippen molar-refractivity contribution in [3.63, 3.8) is 0 Å². The van der Waals surface area contributed by atoms with E-state index < -0.39 is 31.2 Å². The molecule has 19 heavy (non-hydrogen) atoms. The van der Waals surface area contributed by atoms with Crippen molar-refractivity contribution < 1.29 is 31.8 Å². The van der Waals surface area contributed by atoms with Gasteiger partial charge in [0, 0.05) is 6.92 Å². The molecule has 0 saturated carbocycles. The SMILES string of the molecule is CC(F)(F)C(F)(F)OCCOC(=O)c1ccccc1. The molecular formula is C12H12F4O3. The van der Waals surface area contributed by atoms with Gasteiger partial charge in [-0.25, -0.2) is 4.79 Å². The maximum Gasteiger partial charge on any atom is 0.419 e. The molecule has 0 aromatic heterocycles. The number of rotatable bonds is 6. The van der Waals surface area contributed by atoms with Crippen LogP contribution < -0.4 is 0 Å². The summed E-state index contributed by atoms with van der Waals surface area (Å²) in [6.45, 7) is -1.32. The van der Waals surface area contributed by atoms with E-state index in [9.17, 15) is 22.4 Å². The van der Waals surface area contributed by atoms with Gasteiger partial charge in [0.1, 0.15) is 6.61 Å². The Labute approximate surface area is 107 Å². The Morgan fingerprint density at radius 1 is 1.11 bits per heavy atom. The molecule has 0 aliphatic carbocycles. The smallest absolute Gasteiger partial charge is 0.419 e. The molecule has 3 nitrogen and oxygen atoms in total. The highest BCUT2D eigenvalue weighted by Crippen LogP contribution is 2.34. The normalized spacial score (nSPS) is 12.3. The van der Waals surface area contributed by atoms with Crippen LogP contribution in [0.15, 0.2) is 30.3 Å². The molecule has 0 bridgehead atoms. The van der Waals surface area contributed by atoms with Crippen LogP contribution in [0.1, 0.15) is 17.3 Å². The van der Waals surface area contributed by atoms with Crippen LogP contribution in [0.2, 0.25) is 0 Å². The maximum absolute atomic E-state index is 12.7. The lowest BCUT2D eigenvalue weighted by atomic mass is 10.2. The fourth-order valence-corrected chi connectivity index (χ4v) is 1.09. The van der Waals surface area contributed by atoms with Gasteiger partial charge in [-0.15, -0.1) is 0 Å². The van der Waals surface area contributed by atoms with Crippen LogP contribution in [0.3, 0.4) is 0 Å². The number of esters is 1. The molecule has 0 aliphatic heterocycles. The number of hydrogen-bond acceptors (Lipinski definition) is 3. The topological polar surface area (TPSA) is 35.5 Å². The predicted molar refractivity (Wildman–Crippen MR) is 58.2 cm³/mol. The first kappa shape index (κ1) is 15.4. The van der Waals surface area contributed by atoms with Gasteiger partial charge in [0.05, 0.1) is 12.2 Å². The lowest BCUT2D eigenvalue weighted by Gasteiger charge is -2.22. The zero-order valence-electron chi connectivity index (χ0n) is 10.0. The van der Waals surface area contributed by atoms with Crippen molar-refractivity contribution in [1.29, 1.82) is 0 Å². The third kappa shape index (κ3) is 4.51.